The van der Waals surface area contributed by atoms with Crippen molar-refractivity contribution in [3.05, 3.63) is 29.8 Å². The Hall–Kier alpha value is -1.06. The Labute approximate surface area is 116 Å². The van der Waals surface area contributed by atoms with E-state index in [1.165, 1.54) is 24.8 Å². The van der Waals surface area contributed by atoms with E-state index < -0.39 is 0 Å². The molecule has 0 radical (unpaired) electrons. The van der Waals surface area contributed by atoms with Gasteiger partial charge in [0.25, 0.3) is 0 Å². The molecule has 1 aromatic carbocycles. The number of benzene rings is 1. The van der Waals surface area contributed by atoms with Crippen LogP contribution in [0.15, 0.2) is 24.3 Å². The number of hydrogen-bond acceptors (Lipinski definition) is 3. The fourth-order valence-corrected chi connectivity index (χ4v) is 2.12. The van der Waals surface area contributed by atoms with Gasteiger partial charge >= 0.3 is 0 Å². The summed E-state index contributed by atoms with van der Waals surface area (Å²) in [5, 5.41) is 3.40. The van der Waals surface area contributed by atoms with Crippen LogP contribution in [-0.2, 0) is 6.54 Å². The van der Waals surface area contributed by atoms with E-state index in [0.717, 1.165) is 38.0 Å². The third kappa shape index (κ3) is 5.21. The molecule has 3 heteroatoms. The van der Waals surface area contributed by atoms with Crippen LogP contribution in [0.5, 0.6) is 5.75 Å². The van der Waals surface area contributed by atoms with E-state index in [2.05, 4.69) is 48.5 Å². The van der Waals surface area contributed by atoms with Crippen LogP contribution in [-0.4, -0.2) is 37.7 Å². The first-order valence-corrected chi connectivity index (χ1v) is 7.42. The zero-order valence-electron chi connectivity index (χ0n) is 12.2. The minimum atomic E-state index is 0.778. The summed E-state index contributed by atoms with van der Waals surface area (Å²) in [5.74, 6) is 0.975. The number of nitrogens with one attached hydrogen (secondary N) is 1. The van der Waals surface area contributed by atoms with Crippen LogP contribution in [0, 0.1) is 0 Å². The summed E-state index contributed by atoms with van der Waals surface area (Å²) in [5.41, 5.74) is 1.32. The molecule has 0 heterocycles. The predicted molar refractivity (Wildman–Crippen MR) is 79.6 cm³/mol. The minimum absolute atomic E-state index is 0.778. The van der Waals surface area contributed by atoms with E-state index in [1.807, 2.05) is 0 Å². The summed E-state index contributed by atoms with van der Waals surface area (Å²) in [6, 6.07) is 9.24. The molecule has 1 saturated carbocycles. The fourth-order valence-electron chi connectivity index (χ4n) is 2.12. The lowest BCUT2D eigenvalue weighted by molar-refractivity contribution is 0.232. The molecule has 1 aromatic rings. The summed E-state index contributed by atoms with van der Waals surface area (Å²) >= 11 is 0. The van der Waals surface area contributed by atoms with Crippen LogP contribution >= 0.6 is 0 Å². The second-order valence-electron chi connectivity index (χ2n) is 5.38. The summed E-state index contributed by atoms with van der Waals surface area (Å²) in [4.78, 5) is 2.39. The van der Waals surface area contributed by atoms with Crippen LogP contribution in [0.3, 0.4) is 0 Å². The third-order valence-corrected chi connectivity index (χ3v) is 3.56. The molecule has 0 atom stereocenters. The van der Waals surface area contributed by atoms with E-state index in [0.29, 0.717) is 0 Å². The maximum absolute atomic E-state index is 5.77. The zero-order valence-corrected chi connectivity index (χ0v) is 12.2. The number of ether oxygens (including phenoxy) is 1. The van der Waals surface area contributed by atoms with Crippen molar-refractivity contribution in [2.24, 2.45) is 0 Å². The molecule has 0 spiro atoms. The smallest absolute Gasteiger partial charge is 0.119 e. The molecule has 1 aliphatic rings. The van der Waals surface area contributed by atoms with E-state index in [1.54, 1.807) is 0 Å². The van der Waals surface area contributed by atoms with E-state index in [9.17, 15) is 0 Å². The van der Waals surface area contributed by atoms with Crippen molar-refractivity contribution in [3.8, 4) is 5.75 Å². The van der Waals surface area contributed by atoms with E-state index >= 15 is 0 Å². The molecule has 0 aromatic heterocycles. The van der Waals surface area contributed by atoms with Gasteiger partial charge < -0.3 is 15.0 Å². The van der Waals surface area contributed by atoms with Gasteiger partial charge in [-0.2, -0.15) is 0 Å². The maximum Gasteiger partial charge on any atom is 0.119 e. The highest BCUT2D eigenvalue weighted by Crippen LogP contribution is 2.24. The molecule has 1 aliphatic carbocycles. The monoisotopic (exact) mass is 262 g/mol. The van der Waals surface area contributed by atoms with Crippen LogP contribution in [0.25, 0.3) is 0 Å². The highest BCUT2D eigenvalue weighted by atomic mass is 16.5. The first kappa shape index (κ1) is 14.4. The minimum Gasteiger partial charge on any atom is -0.492 e. The van der Waals surface area contributed by atoms with Gasteiger partial charge in [-0.3, -0.25) is 0 Å². The maximum atomic E-state index is 5.77. The van der Waals surface area contributed by atoms with Crippen molar-refractivity contribution in [3.63, 3.8) is 0 Å². The Morgan fingerprint density at radius 1 is 1.26 bits per heavy atom. The molecule has 2 rings (SSSR count). The van der Waals surface area contributed by atoms with Gasteiger partial charge in [0.2, 0.25) is 0 Å². The molecule has 0 unspecified atom stereocenters. The Balaban J connectivity index is 1.66. The van der Waals surface area contributed by atoms with Gasteiger partial charge in [0, 0.05) is 19.1 Å². The van der Waals surface area contributed by atoms with Gasteiger partial charge in [0.1, 0.15) is 12.4 Å². The van der Waals surface area contributed by atoms with Gasteiger partial charge in [-0.1, -0.05) is 19.1 Å². The Morgan fingerprint density at radius 2 is 2.00 bits per heavy atom. The van der Waals surface area contributed by atoms with Crippen LogP contribution < -0.4 is 10.1 Å². The summed E-state index contributed by atoms with van der Waals surface area (Å²) in [7, 11) is 2.18. The van der Waals surface area contributed by atoms with E-state index in [-0.39, 0.29) is 0 Å². The second kappa shape index (κ2) is 7.51. The van der Waals surface area contributed by atoms with Crippen molar-refractivity contribution in [2.75, 3.05) is 26.7 Å². The molecule has 1 N–H and O–H groups in total. The Kier molecular flexibility index (Phi) is 5.67. The normalized spacial score (nSPS) is 14.9. The molecule has 106 valence electrons. The average molecular weight is 262 g/mol. The average Bonchev–Trinajstić information content (AvgIpc) is 3.25. The lowest BCUT2D eigenvalue weighted by Crippen LogP contribution is -2.26. The van der Waals surface area contributed by atoms with Crippen molar-refractivity contribution >= 4 is 0 Å². The van der Waals surface area contributed by atoms with Gasteiger partial charge in [0.15, 0.2) is 0 Å². The molecule has 1 fully saturated rings. The Morgan fingerprint density at radius 3 is 2.63 bits per heavy atom. The quantitative estimate of drug-likeness (QED) is 0.692. The van der Waals surface area contributed by atoms with Crippen molar-refractivity contribution in [2.45, 2.75) is 38.8 Å². The van der Waals surface area contributed by atoms with Gasteiger partial charge in [-0.25, -0.2) is 0 Å². The van der Waals surface area contributed by atoms with Gasteiger partial charge in [0.05, 0.1) is 0 Å². The number of likely N-dealkylation sites (N-methyl/N-ethyl adjacent to an activating group) is 1. The molecule has 19 heavy (non-hydrogen) atoms. The highest BCUT2D eigenvalue weighted by Gasteiger charge is 2.25. The SMILES string of the molecule is CCCNCc1ccc(OCCN(C)C2CC2)cc1. The zero-order chi connectivity index (χ0) is 13.5. The standard InChI is InChI=1S/C16H26N2O/c1-3-10-17-13-14-4-8-16(9-5-14)19-12-11-18(2)15-6-7-15/h4-5,8-9,15,17H,3,6-7,10-13H2,1-2H3. The largest absolute Gasteiger partial charge is 0.492 e. The lowest BCUT2D eigenvalue weighted by atomic mass is 10.2. The molecule has 0 aliphatic heterocycles. The summed E-state index contributed by atoms with van der Waals surface area (Å²) < 4.78 is 5.77. The number of rotatable bonds is 9. The van der Waals surface area contributed by atoms with Crippen LogP contribution in [0.4, 0.5) is 0 Å². The second-order valence-corrected chi connectivity index (χ2v) is 5.38. The predicted octanol–water partition coefficient (Wildman–Crippen LogP) is 2.66. The Bertz CT molecular complexity index is 360. The van der Waals surface area contributed by atoms with E-state index in [4.69, 9.17) is 4.74 Å². The lowest BCUT2D eigenvalue weighted by Gasteiger charge is -2.16. The summed E-state index contributed by atoms with van der Waals surface area (Å²) in [6.07, 6.45) is 3.89. The molecule has 3 nitrogen and oxygen atoms in total. The molecule has 0 amide bonds. The fraction of sp³-hybridized carbons (Fsp3) is 0.625. The van der Waals surface area contributed by atoms with Crippen molar-refractivity contribution in [1.29, 1.82) is 0 Å². The van der Waals surface area contributed by atoms with Crippen molar-refractivity contribution in [1.82, 2.24) is 10.2 Å². The number of hydrogen-bond donors (Lipinski definition) is 1. The van der Waals surface area contributed by atoms with Crippen molar-refractivity contribution < 1.29 is 4.74 Å². The first-order valence-electron chi connectivity index (χ1n) is 7.42. The molecule has 0 bridgehead atoms. The van der Waals surface area contributed by atoms with Gasteiger partial charge in [-0.15, -0.1) is 0 Å². The summed E-state index contributed by atoms with van der Waals surface area (Å²) in [6.45, 7) is 6.00. The first-order chi connectivity index (χ1) is 9.29. The molecular formula is C16H26N2O. The highest BCUT2D eigenvalue weighted by molar-refractivity contribution is 5.27. The molecule has 0 saturated heterocycles. The van der Waals surface area contributed by atoms with Crippen LogP contribution in [0.1, 0.15) is 31.7 Å². The van der Waals surface area contributed by atoms with Gasteiger partial charge in [-0.05, 0) is 50.6 Å². The van der Waals surface area contributed by atoms with Crippen LogP contribution in [0.2, 0.25) is 0 Å². The topological polar surface area (TPSA) is 24.5 Å². The molecular weight excluding hydrogens is 236 g/mol. The third-order valence-electron chi connectivity index (χ3n) is 3.56. The number of nitrogens with zero attached hydrogens (tertiary/aromatic N) is 1.